The number of rotatable bonds is 9. The van der Waals surface area contributed by atoms with Crippen LogP contribution in [0.4, 0.5) is 5.69 Å². The number of imide groups is 1. The molecule has 1 aliphatic rings. The third kappa shape index (κ3) is 6.10. The first-order valence-corrected chi connectivity index (χ1v) is 13.1. The number of benzene rings is 2. The number of thioether (sulfide) groups is 1. The molecule has 38 heavy (non-hydrogen) atoms. The molecular weight excluding hydrogens is 526 g/mol. The molecule has 1 unspecified atom stereocenters. The summed E-state index contributed by atoms with van der Waals surface area (Å²) in [5, 5.41) is 9.64. The van der Waals surface area contributed by atoms with Crippen molar-refractivity contribution in [2.45, 2.75) is 36.5 Å². The number of hydrogen-bond acceptors (Lipinski definition) is 8. The highest BCUT2D eigenvalue weighted by molar-refractivity contribution is 8.00. The molecule has 0 saturated carbocycles. The maximum atomic E-state index is 13.1. The fourth-order valence-electron chi connectivity index (χ4n) is 3.83. The van der Waals surface area contributed by atoms with E-state index < -0.39 is 23.7 Å². The van der Waals surface area contributed by atoms with E-state index in [4.69, 9.17) is 16.3 Å². The van der Waals surface area contributed by atoms with Gasteiger partial charge in [-0.05, 0) is 67.1 Å². The van der Waals surface area contributed by atoms with Crippen LogP contribution in [0.5, 0.6) is 0 Å². The molecule has 1 aliphatic heterocycles. The molecule has 3 aromatic rings. The molecule has 4 rings (SSSR count). The Balaban J connectivity index is 1.41. The first-order valence-electron chi connectivity index (χ1n) is 11.8. The number of carbonyl (C=O) groups is 4. The third-order valence-electron chi connectivity index (χ3n) is 5.77. The molecule has 10 heteroatoms. The number of carbonyl (C=O) groups excluding carboxylic acids is 4. The zero-order chi connectivity index (χ0) is 27.2. The Bertz CT molecular complexity index is 1430. The molecule has 0 N–H and O–H groups in total. The monoisotopic (exact) mass is 547 g/mol. The second-order valence-electron chi connectivity index (χ2n) is 8.45. The predicted octanol–water partition coefficient (Wildman–Crippen LogP) is 5.02. The van der Waals surface area contributed by atoms with Gasteiger partial charge in [0.25, 0.3) is 0 Å². The van der Waals surface area contributed by atoms with Crippen molar-refractivity contribution in [3.63, 3.8) is 0 Å². The lowest BCUT2D eigenvalue weighted by atomic mass is 10.1. The second-order valence-corrected chi connectivity index (χ2v) is 10.1. The van der Waals surface area contributed by atoms with Crippen LogP contribution in [0, 0.1) is 11.3 Å². The molecule has 0 bridgehead atoms. The van der Waals surface area contributed by atoms with Gasteiger partial charge in [0.2, 0.25) is 11.8 Å². The summed E-state index contributed by atoms with van der Waals surface area (Å²) in [6, 6.07) is 17.6. The Hall–Kier alpha value is -4.00. The molecule has 0 spiro atoms. The van der Waals surface area contributed by atoms with Gasteiger partial charge in [0.15, 0.2) is 12.4 Å². The quantitative estimate of drug-likeness (QED) is 0.208. The van der Waals surface area contributed by atoms with Crippen LogP contribution in [-0.4, -0.2) is 40.4 Å². The summed E-state index contributed by atoms with van der Waals surface area (Å²) in [6.07, 6.45) is 1.59. The highest BCUT2D eigenvalue weighted by atomic mass is 35.5. The largest absolute Gasteiger partial charge is 0.454 e. The lowest BCUT2D eigenvalue weighted by molar-refractivity contribution is -0.121. The third-order valence-corrected chi connectivity index (χ3v) is 7.20. The van der Waals surface area contributed by atoms with E-state index in [9.17, 15) is 24.4 Å². The number of amides is 2. The van der Waals surface area contributed by atoms with Crippen molar-refractivity contribution in [3.8, 4) is 6.07 Å². The van der Waals surface area contributed by atoms with Crippen LogP contribution in [-0.2, 0) is 20.7 Å². The summed E-state index contributed by atoms with van der Waals surface area (Å²) in [5.74, 6) is -1.90. The van der Waals surface area contributed by atoms with Gasteiger partial charge in [-0.1, -0.05) is 36.7 Å². The van der Waals surface area contributed by atoms with E-state index in [1.807, 2.05) is 6.92 Å². The van der Waals surface area contributed by atoms with Gasteiger partial charge in [-0.2, -0.15) is 5.26 Å². The number of pyridine rings is 1. The Morgan fingerprint density at radius 3 is 2.42 bits per heavy atom. The van der Waals surface area contributed by atoms with E-state index in [0.29, 0.717) is 26.9 Å². The smallest absolute Gasteiger partial charge is 0.338 e. The fraction of sp³-hybridized carbons (Fsp3) is 0.214. The maximum Gasteiger partial charge on any atom is 0.338 e. The van der Waals surface area contributed by atoms with Crippen molar-refractivity contribution >= 4 is 52.6 Å². The minimum absolute atomic E-state index is 0.0370. The number of halogens is 1. The topological polar surface area (TPSA) is 117 Å². The molecule has 1 atom stereocenters. The van der Waals surface area contributed by atoms with Crippen molar-refractivity contribution < 1.29 is 23.9 Å². The van der Waals surface area contributed by atoms with Gasteiger partial charge in [0, 0.05) is 22.7 Å². The predicted molar refractivity (Wildman–Crippen MR) is 142 cm³/mol. The number of ether oxygens (including phenoxy) is 1. The average molecular weight is 548 g/mol. The van der Waals surface area contributed by atoms with E-state index >= 15 is 0 Å². The van der Waals surface area contributed by atoms with Crippen LogP contribution in [0.2, 0.25) is 5.02 Å². The molecule has 2 heterocycles. The van der Waals surface area contributed by atoms with Gasteiger partial charge in [0.1, 0.15) is 11.1 Å². The first-order chi connectivity index (χ1) is 18.3. The molecule has 8 nitrogen and oxygen atoms in total. The van der Waals surface area contributed by atoms with Crippen molar-refractivity contribution in [1.29, 1.82) is 5.26 Å². The maximum absolute atomic E-state index is 13.1. The fourth-order valence-corrected chi connectivity index (χ4v) is 5.07. The van der Waals surface area contributed by atoms with Crippen LogP contribution < -0.4 is 4.90 Å². The average Bonchev–Trinajstić information content (AvgIpc) is 3.20. The van der Waals surface area contributed by atoms with Gasteiger partial charge in [0.05, 0.1) is 22.1 Å². The molecule has 1 aromatic heterocycles. The normalized spacial score (nSPS) is 14.9. The summed E-state index contributed by atoms with van der Waals surface area (Å²) >= 11 is 6.93. The highest BCUT2D eigenvalue weighted by Gasteiger charge is 2.40. The van der Waals surface area contributed by atoms with E-state index in [2.05, 4.69) is 11.1 Å². The Kier molecular flexibility index (Phi) is 8.56. The lowest BCUT2D eigenvalue weighted by Gasteiger charge is -2.15. The van der Waals surface area contributed by atoms with Crippen molar-refractivity contribution in [2.24, 2.45) is 0 Å². The van der Waals surface area contributed by atoms with Crippen molar-refractivity contribution in [2.75, 3.05) is 11.5 Å². The number of nitrogens with zero attached hydrogens (tertiary/aromatic N) is 3. The zero-order valence-corrected chi connectivity index (χ0v) is 21.9. The number of esters is 1. The van der Waals surface area contributed by atoms with E-state index in [1.165, 1.54) is 24.3 Å². The number of ketones is 1. The Morgan fingerprint density at radius 2 is 1.76 bits per heavy atom. The van der Waals surface area contributed by atoms with Crippen molar-refractivity contribution in [1.82, 2.24) is 4.98 Å². The van der Waals surface area contributed by atoms with Crippen LogP contribution in [0.3, 0.4) is 0 Å². The van der Waals surface area contributed by atoms with Crippen molar-refractivity contribution in [3.05, 3.63) is 88.1 Å². The van der Waals surface area contributed by atoms with Crippen LogP contribution in [0.15, 0.2) is 65.7 Å². The molecule has 192 valence electrons. The molecule has 0 aliphatic carbocycles. The molecule has 1 saturated heterocycles. The minimum atomic E-state index is -0.720. The highest BCUT2D eigenvalue weighted by Crippen LogP contribution is 2.35. The summed E-state index contributed by atoms with van der Waals surface area (Å²) in [6.45, 7) is 1.58. The number of Topliss-reactive ketones (excluding diaryl/α,β-unsaturated/α-hetero) is 1. The number of aryl methyl sites for hydroxylation is 1. The first kappa shape index (κ1) is 27.0. The van der Waals surface area contributed by atoms with E-state index in [-0.39, 0.29) is 23.7 Å². The number of anilines is 1. The summed E-state index contributed by atoms with van der Waals surface area (Å²) < 4.78 is 5.11. The van der Waals surface area contributed by atoms with Crippen LogP contribution in [0.25, 0.3) is 0 Å². The van der Waals surface area contributed by atoms with Gasteiger partial charge in [-0.3, -0.25) is 14.4 Å². The molecule has 0 radical (unpaired) electrons. The Morgan fingerprint density at radius 1 is 1.08 bits per heavy atom. The summed E-state index contributed by atoms with van der Waals surface area (Å²) in [5.41, 5.74) is 2.01. The molecule has 2 amide bonds. The van der Waals surface area contributed by atoms with Gasteiger partial charge in [-0.15, -0.1) is 0 Å². The van der Waals surface area contributed by atoms with E-state index in [1.54, 1.807) is 36.4 Å². The number of hydrogen-bond donors (Lipinski definition) is 0. The van der Waals surface area contributed by atoms with Crippen LogP contribution in [0.1, 0.15) is 51.7 Å². The van der Waals surface area contributed by atoms with Gasteiger partial charge >= 0.3 is 5.97 Å². The minimum Gasteiger partial charge on any atom is -0.454 e. The Labute approximate surface area is 228 Å². The van der Waals surface area contributed by atoms with E-state index in [0.717, 1.165) is 35.2 Å². The number of nitriles is 1. The van der Waals surface area contributed by atoms with Crippen LogP contribution >= 0.6 is 23.4 Å². The SMILES string of the molecule is CCCc1ccc(C#N)c(SC2CC(=O)N(c3ccc(C(=O)OCC(=O)c4ccc(Cl)cc4)cc3)C2=O)n1. The summed E-state index contributed by atoms with van der Waals surface area (Å²) in [7, 11) is 0. The van der Waals surface area contributed by atoms with Gasteiger partial charge < -0.3 is 4.74 Å². The molecule has 1 fully saturated rings. The summed E-state index contributed by atoms with van der Waals surface area (Å²) in [4.78, 5) is 56.1. The number of aromatic nitrogens is 1. The standard InChI is InChI=1S/C28H22ClN3O5S/c1-2-3-21-11-6-19(15-30)26(31-21)38-24-14-25(34)32(27(24)35)22-12-7-18(8-13-22)28(36)37-16-23(33)17-4-9-20(29)10-5-17/h4-13,24H,2-3,14,16H2,1H3. The van der Waals surface area contributed by atoms with Gasteiger partial charge in [-0.25, -0.2) is 14.7 Å². The second kappa shape index (κ2) is 12.0. The molecular formula is C28H22ClN3O5S. The lowest BCUT2D eigenvalue weighted by Crippen LogP contribution is -2.31. The molecule has 2 aromatic carbocycles. The zero-order valence-electron chi connectivity index (χ0n) is 20.3.